The highest BCUT2D eigenvalue weighted by Gasteiger charge is 2.34. The summed E-state index contributed by atoms with van der Waals surface area (Å²) in [5.41, 5.74) is 2.30. The van der Waals surface area contributed by atoms with Gasteiger partial charge in [0.15, 0.2) is 5.13 Å². The van der Waals surface area contributed by atoms with Gasteiger partial charge in [-0.3, -0.25) is 4.79 Å². The molecule has 1 fully saturated rings. The van der Waals surface area contributed by atoms with Crippen LogP contribution in [0.2, 0.25) is 0 Å². The third-order valence-electron chi connectivity index (χ3n) is 4.61. The van der Waals surface area contributed by atoms with Crippen LogP contribution in [-0.4, -0.2) is 44.2 Å². The molecule has 28 heavy (non-hydrogen) atoms. The minimum absolute atomic E-state index is 0.0291. The lowest BCUT2D eigenvalue weighted by Gasteiger charge is -2.37. The van der Waals surface area contributed by atoms with Gasteiger partial charge in [-0.25, -0.2) is 14.1 Å². The monoisotopic (exact) mass is 395 g/mol. The molecule has 1 aliphatic rings. The summed E-state index contributed by atoms with van der Waals surface area (Å²) in [6.45, 7) is 1.19. The molecule has 0 aliphatic carbocycles. The molecule has 0 spiro atoms. The van der Waals surface area contributed by atoms with Gasteiger partial charge in [-0.2, -0.15) is 0 Å². The van der Waals surface area contributed by atoms with Crippen LogP contribution < -0.4 is 10.2 Å². The molecule has 0 saturated carbocycles. The van der Waals surface area contributed by atoms with Gasteiger partial charge in [-0.05, 0) is 52.9 Å². The van der Waals surface area contributed by atoms with Crippen molar-refractivity contribution >= 4 is 38.3 Å². The number of thiazole rings is 1. The van der Waals surface area contributed by atoms with Gasteiger partial charge in [0.05, 0.1) is 21.8 Å². The van der Waals surface area contributed by atoms with Gasteiger partial charge in [-0.1, -0.05) is 11.3 Å². The van der Waals surface area contributed by atoms with E-state index in [4.69, 9.17) is 0 Å². The number of nitrogens with one attached hydrogen (secondary N) is 1. The van der Waals surface area contributed by atoms with Crippen LogP contribution in [0.3, 0.4) is 0 Å². The smallest absolute Gasteiger partial charge is 0.231 e. The number of halogens is 1. The molecule has 1 saturated heterocycles. The number of nitrogens with zero attached hydrogens (tertiary/aromatic N) is 6. The van der Waals surface area contributed by atoms with Crippen LogP contribution in [0, 0.1) is 11.7 Å². The van der Waals surface area contributed by atoms with E-state index < -0.39 is 0 Å². The van der Waals surface area contributed by atoms with E-state index in [1.807, 2.05) is 29.2 Å². The van der Waals surface area contributed by atoms with Crippen LogP contribution in [-0.2, 0) is 4.79 Å². The molecule has 5 rings (SSSR count). The fraction of sp³-hybridized carbons (Fsp3) is 0.167. The number of fused-ring (bicyclic) bond motifs is 1. The summed E-state index contributed by atoms with van der Waals surface area (Å²) in [5.74, 6) is -0.406. The predicted molar refractivity (Wildman–Crippen MR) is 103 cm³/mol. The van der Waals surface area contributed by atoms with Crippen molar-refractivity contribution in [3.8, 4) is 5.69 Å². The molecule has 1 amide bonds. The predicted octanol–water partition coefficient (Wildman–Crippen LogP) is 2.49. The minimum atomic E-state index is -0.269. The lowest BCUT2D eigenvalue weighted by atomic mass is 10.00. The Balaban J connectivity index is 1.20. The van der Waals surface area contributed by atoms with Gasteiger partial charge in [-0.15, -0.1) is 5.10 Å². The second kappa shape index (κ2) is 6.64. The summed E-state index contributed by atoms with van der Waals surface area (Å²) in [7, 11) is 0. The van der Waals surface area contributed by atoms with Gasteiger partial charge in [0.2, 0.25) is 5.91 Å². The van der Waals surface area contributed by atoms with Gasteiger partial charge in [0.1, 0.15) is 12.1 Å². The number of hydrogen-bond acceptors (Lipinski definition) is 7. The van der Waals surface area contributed by atoms with Crippen molar-refractivity contribution in [1.29, 1.82) is 0 Å². The standard InChI is InChI=1S/C18H14FN7OS/c19-12-1-6-15-16(7-12)28-18(22-15)25-8-11(9-25)17(27)21-13-2-4-14(5-3-13)26-10-20-23-24-26/h1-7,10-11H,8-9H2,(H,21,27). The third kappa shape index (κ3) is 3.07. The number of tetrazole rings is 1. The van der Waals surface area contributed by atoms with E-state index in [0.29, 0.717) is 13.1 Å². The van der Waals surface area contributed by atoms with Gasteiger partial charge < -0.3 is 10.2 Å². The molecule has 4 aromatic rings. The third-order valence-corrected chi connectivity index (χ3v) is 5.69. The molecular weight excluding hydrogens is 381 g/mol. The number of rotatable bonds is 4. The summed E-state index contributed by atoms with van der Waals surface area (Å²) in [6, 6.07) is 11.9. The molecule has 140 valence electrons. The molecular formula is C18H14FN7OS. The molecule has 0 unspecified atom stereocenters. The lowest BCUT2D eigenvalue weighted by Crippen LogP contribution is -2.52. The van der Waals surface area contributed by atoms with E-state index in [2.05, 4.69) is 25.8 Å². The summed E-state index contributed by atoms with van der Waals surface area (Å²) < 4.78 is 15.7. The average molecular weight is 395 g/mol. The van der Waals surface area contributed by atoms with Crippen molar-refractivity contribution in [3.63, 3.8) is 0 Å². The Morgan fingerprint density at radius 3 is 2.75 bits per heavy atom. The first-order valence-corrected chi connectivity index (χ1v) is 9.43. The van der Waals surface area contributed by atoms with Crippen LogP contribution in [0.15, 0.2) is 48.8 Å². The fourth-order valence-corrected chi connectivity index (χ4v) is 4.05. The minimum Gasteiger partial charge on any atom is -0.346 e. The molecule has 8 nitrogen and oxygen atoms in total. The van der Waals surface area contributed by atoms with E-state index in [-0.39, 0.29) is 17.6 Å². The van der Waals surface area contributed by atoms with E-state index in [1.165, 1.54) is 29.8 Å². The number of carbonyl (C=O) groups excluding carboxylic acids is 1. The van der Waals surface area contributed by atoms with Crippen molar-refractivity contribution < 1.29 is 9.18 Å². The second-order valence-corrected chi connectivity index (χ2v) is 7.51. The van der Waals surface area contributed by atoms with Crippen molar-refractivity contribution in [1.82, 2.24) is 25.2 Å². The largest absolute Gasteiger partial charge is 0.346 e. The zero-order valence-corrected chi connectivity index (χ0v) is 15.3. The number of anilines is 2. The summed E-state index contributed by atoms with van der Waals surface area (Å²) in [4.78, 5) is 19.0. The second-order valence-electron chi connectivity index (χ2n) is 6.50. The maximum atomic E-state index is 13.3. The Labute approximate surface area is 162 Å². The highest BCUT2D eigenvalue weighted by molar-refractivity contribution is 7.22. The number of benzene rings is 2. The van der Waals surface area contributed by atoms with Crippen molar-refractivity contribution in [3.05, 3.63) is 54.6 Å². The van der Waals surface area contributed by atoms with E-state index in [1.54, 1.807) is 10.7 Å². The Morgan fingerprint density at radius 1 is 1.18 bits per heavy atom. The maximum absolute atomic E-state index is 13.3. The first kappa shape index (κ1) is 16.8. The highest BCUT2D eigenvalue weighted by atomic mass is 32.1. The Bertz CT molecular complexity index is 1140. The first-order chi connectivity index (χ1) is 13.7. The fourth-order valence-electron chi connectivity index (χ4n) is 3.04. The van der Waals surface area contributed by atoms with Gasteiger partial charge in [0, 0.05) is 18.8 Å². The maximum Gasteiger partial charge on any atom is 0.231 e. The van der Waals surface area contributed by atoms with Crippen molar-refractivity contribution in [2.75, 3.05) is 23.3 Å². The van der Waals surface area contributed by atoms with Crippen molar-refractivity contribution in [2.24, 2.45) is 5.92 Å². The summed E-state index contributed by atoms with van der Waals surface area (Å²) >= 11 is 1.44. The number of aromatic nitrogens is 5. The molecule has 1 N–H and O–H groups in total. The van der Waals surface area contributed by atoms with Crippen molar-refractivity contribution in [2.45, 2.75) is 0 Å². The van der Waals surface area contributed by atoms with Crippen LogP contribution in [0.5, 0.6) is 0 Å². The zero-order chi connectivity index (χ0) is 19.1. The summed E-state index contributed by atoms with van der Waals surface area (Å²) in [6.07, 6.45) is 1.51. The molecule has 0 atom stereocenters. The van der Waals surface area contributed by atoms with Crippen LogP contribution in [0.25, 0.3) is 15.9 Å². The highest BCUT2D eigenvalue weighted by Crippen LogP contribution is 2.33. The molecule has 0 bridgehead atoms. The average Bonchev–Trinajstić information content (AvgIpc) is 3.30. The molecule has 10 heteroatoms. The quantitative estimate of drug-likeness (QED) is 0.571. The first-order valence-electron chi connectivity index (χ1n) is 8.61. The number of carbonyl (C=O) groups is 1. The zero-order valence-electron chi connectivity index (χ0n) is 14.5. The lowest BCUT2D eigenvalue weighted by molar-refractivity contribution is -0.120. The van der Waals surface area contributed by atoms with E-state index in [9.17, 15) is 9.18 Å². The molecule has 3 heterocycles. The normalized spacial score (nSPS) is 14.2. The molecule has 1 aliphatic heterocycles. The van der Waals surface area contributed by atoms with Crippen LogP contribution >= 0.6 is 11.3 Å². The Hall–Kier alpha value is -3.40. The Kier molecular flexibility index (Phi) is 3.97. The number of amides is 1. The molecule has 0 radical (unpaired) electrons. The van der Waals surface area contributed by atoms with Gasteiger partial charge in [0.25, 0.3) is 0 Å². The van der Waals surface area contributed by atoms with Crippen LogP contribution in [0.4, 0.5) is 15.2 Å². The van der Waals surface area contributed by atoms with E-state index in [0.717, 1.165) is 26.7 Å². The number of hydrogen-bond donors (Lipinski definition) is 1. The summed E-state index contributed by atoms with van der Waals surface area (Å²) in [5, 5.41) is 14.8. The SMILES string of the molecule is O=C(Nc1ccc(-n2cnnn2)cc1)C1CN(c2nc3ccc(F)cc3s2)C1. The molecule has 2 aromatic heterocycles. The van der Waals surface area contributed by atoms with Crippen LogP contribution in [0.1, 0.15) is 0 Å². The topological polar surface area (TPSA) is 88.8 Å². The van der Waals surface area contributed by atoms with Gasteiger partial charge >= 0.3 is 0 Å². The molecule has 2 aromatic carbocycles. The van der Waals surface area contributed by atoms with E-state index >= 15 is 0 Å². The Morgan fingerprint density at radius 2 is 2.00 bits per heavy atom.